The minimum Gasteiger partial charge on any atom is -0.463 e. The predicted octanol–water partition coefficient (Wildman–Crippen LogP) is 3.49. The molecule has 4 nitrogen and oxygen atoms in total. The van der Waals surface area contributed by atoms with Crippen LogP contribution < -0.4 is 9.46 Å². The van der Waals surface area contributed by atoms with Crippen molar-refractivity contribution in [1.29, 1.82) is 0 Å². The first-order valence-corrected chi connectivity index (χ1v) is 7.50. The summed E-state index contributed by atoms with van der Waals surface area (Å²) in [7, 11) is -5.16. The monoisotopic (exact) mass is 371 g/mol. The van der Waals surface area contributed by atoms with Gasteiger partial charge in [-0.2, -0.15) is 0 Å². The molecule has 2 aromatic rings. The summed E-state index contributed by atoms with van der Waals surface area (Å²) in [6.45, 7) is -1.23. The van der Waals surface area contributed by atoms with Crippen molar-refractivity contribution in [1.82, 2.24) is 0 Å². The number of rotatable bonds is 5. The molecule has 0 aliphatic heterocycles. The number of alkyl halides is 1. The molecule has 0 unspecified atom stereocenters. The first-order chi connectivity index (χ1) is 11.2. The molecule has 130 valence electrons. The van der Waals surface area contributed by atoms with Gasteiger partial charge in [0.05, 0.1) is 5.69 Å². The van der Waals surface area contributed by atoms with E-state index in [4.69, 9.17) is 0 Å². The fraction of sp³-hybridized carbons (Fsp3) is 0.0769. The summed E-state index contributed by atoms with van der Waals surface area (Å²) in [5, 5.41) is 0. The summed E-state index contributed by atoms with van der Waals surface area (Å²) in [4.78, 5) is -2.03. The summed E-state index contributed by atoms with van der Waals surface area (Å²) < 4.78 is 108. The van der Waals surface area contributed by atoms with E-state index in [9.17, 15) is 34.8 Å². The van der Waals surface area contributed by atoms with E-state index in [0.717, 1.165) is 12.1 Å². The van der Waals surface area contributed by atoms with Gasteiger partial charge in [0, 0.05) is 6.07 Å². The number of hydrogen-bond donors (Lipinski definition) is 1. The van der Waals surface area contributed by atoms with Crippen molar-refractivity contribution < 1.29 is 39.5 Å². The Morgan fingerprint density at radius 2 is 1.46 bits per heavy atom. The highest BCUT2D eigenvalue weighted by molar-refractivity contribution is 7.92. The Kier molecular flexibility index (Phi) is 4.92. The second-order valence-electron chi connectivity index (χ2n) is 4.29. The van der Waals surface area contributed by atoms with E-state index in [1.807, 2.05) is 0 Å². The van der Waals surface area contributed by atoms with Gasteiger partial charge in [-0.15, -0.1) is 0 Å². The summed E-state index contributed by atoms with van der Waals surface area (Å²) in [5.74, 6) is -12.4. The average Bonchev–Trinajstić information content (AvgIpc) is 2.51. The van der Waals surface area contributed by atoms with Gasteiger partial charge in [0.15, 0.2) is 28.2 Å². The highest BCUT2D eigenvalue weighted by Crippen LogP contribution is 2.28. The van der Waals surface area contributed by atoms with Crippen LogP contribution in [0.2, 0.25) is 0 Å². The van der Waals surface area contributed by atoms with E-state index in [-0.39, 0.29) is 11.4 Å². The van der Waals surface area contributed by atoms with Gasteiger partial charge in [-0.1, -0.05) is 6.07 Å². The van der Waals surface area contributed by atoms with E-state index in [0.29, 0.717) is 0 Å². The zero-order chi connectivity index (χ0) is 18.1. The maximum absolute atomic E-state index is 13.6. The molecule has 2 aromatic carbocycles. The molecule has 0 heterocycles. The Hall–Kier alpha value is -2.43. The average molecular weight is 371 g/mol. The maximum atomic E-state index is 13.6. The van der Waals surface area contributed by atoms with Crippen LogP contribution in [0.4, 0.5) is 32.0 Å². The molecule has 0 amide bonds. The molecule has 24 heavy (non-hydrogen) atoms. The van der Waals surface area contributed by atoms with Crippen LogP contribution in [0.1, 0.15) is 0 Å². The van der Waals surface area contributed by atoms with E-state index in [1.54, 1.807) is 4.72 Å². The van der Waals surface area contributed by atoms with Gasteiger partial charge < -0.3 is 4.74 Å². The minimum atomic E-state index is -5.16. The molecule has 0 spiro atoms. The van der Waals surface area contributed by atoms with Crippen LogP contribution >= 0.6 is 0 Å². The lowest BCUT2D eigenvalue weighted by Gasteiger charge is -2.12. The summed E-state index contributed by atoms with van der Waals surface area (Å²) >= 11 is 0. The maximum Gasteiger partial charge on any atom is 0.267 e. The number of hydrogen-bond acceptors (Lipinski definition) is 3. The van der Waals surface area contributed by atoms with Gasteiger partial charge in [0.1, 0.15) is 5.75 Å². The highest BCUT2D eigenvalue weighted by atomic mass is 32.2. The second kappa shape index (κ2) is 6.59. The van der Waals surface area contributed by atoms with Crippen LogP contribution in [0.25, 0.3) is 0 Å². The Morgan fingerprint density at radius 1 is 0.917 bits per heavy atom. The van der Waals surface area contributed by atoms with Crippen LogP contribution in [0.15, 0.2) is 29.2 Å². The molecule has 2 rings (SSSR count). The molecule has 1 N–H and O–H groups in total. The topological polar surface area (TPSA) is 55.4 Å². The summed E-state index contributed by atoms with van der Waals surface area (Å²) in [6.07, 6.45) is 0. The Labute approximate surface area is 131 Å². The number of anilines is 1. The molecular formula is C13H7F6NO3S. The van der Waals surface area contributed by atoms with Gasteiger partial charge in [-0.05, 0) is 12.1 Å². The molecule has 0 aromatic heterocycles. The summed E-state index contributed by atoms with van der Waals surface area (Å²) in [5.41, 5.74) is -0.343. The van der Waals surface area contributed by atoms with Gasteiger partial charge in [0.25, 0.3) is 10.0 Å². The van der Waals surface area contributed by atoms with Crippen molar-refractivity contribution in [2.24, 2.45) is 0 Å². The van der Waals surface area contributed by atoms with Crippen molar-refractivity contribution in [3.05, 3.63) is 53.4 Å². The van der Waals surface area contributed by atoms with Crippen molar-refractivity contribution >= 4 is 15.7 Å². The first-order valence-electron chi connectivity index (χ1n) is 6.02. The fourth-order valence-corrected chi connectivity index (χ4v) is 2.93. The van der Waals surface area contributed by atoms with E-state index >= 15 is 0 Å². The van der Waals surface area contributed by atoms with Gasteiger partial charge in [-0.25, -0.2) is 34.8 Å². The van der Waals surface area contributed by atoms with Crippen LogP contribution in [-0.4, -0.2) is 15.3 Å². The molecule has 0 aliphatic carbocycles. The fourth-order valence-electron chi connectivity index (χ4n) is 1.74. The van der Waals surface area contributed by atoms with Crippen molar-refractivity contribution in [2.75, 3.05) is 11.6 Å². The lowest BCUT2D eigenvalue weighted by atomic mass is 10.3. The molecule has 0 fully saturated rings. The molecule has 0 aliphatic rings. The molecule has 11 heteroatoms. The number of sulfonamides is 1. The third-order valence-electron chi connectivity index (χ3n) is 2.75. The van der Waals surface area contributed by atoms with Gasteiger partial charge in [0.2, 0.25) is 12.7 Å². The Balaban J connectivity index is 2.51. The quantitative estimate of drug-likeness (QED) is 0.497. The molecule has 0 radical (unpaired) electrons. The van der Waals surface area contributed by atoms with E-state index < -0.39 is 50.9 Å². The molecule has 0 saturated carbocycles. The largest absolute Gasteiger partial charge is 0.463 e. The van der Waals surface area contributed by atoms with Crippen molar-refractivity contribution in [3.8, 4) is 5.75 Å². The Morgan fingerprint density at radius 3 is 2.00 bits per heavy atom. The number of ether oxygens (including phenoxy) is 1. The molecule has 0 saturated heterocycles. The van der Waals surface area contributed by atoms with Crippen LogP contribution in [0, 0.1) is 29.1 Å². The van der Waals surface area contributed by atoms with Crippen molar-refractivity contribution in [3.63, 3.8) is 0 Å². The standard InChI is InChI=1S/C13H7F6NO3S/c14-5-23-7-3-1-2-6(4-7)20-24(21,22)13-11(18)9(16)8(15)10(17)12(13)19/h1-4,20H,5H2. The minimum absolute atomic E-state index is 0.130. The smallest absolute Gasteiger partial charge is 0.267 e. The Bertz CT molecular complexity index is 859. The SMILES string of the molecule is O=S(=O)(Nc1cccc(OCF)c1)c1c(F)c(F)c(F)c(F)c1F. The second-order valence-corrected chi connectivity index (χ2v) is 5.91. The summed E-state index contributed by atoms with van der Waals surface area (Å²) in [6, 6.07) is 4.50. The number of halogens is 6. The van der Waals surface area contributed by atoms with Gasteiger partial charge >= 0.3 is 0 Å². The lowest BCUT2D eigenvalue weighted by molar-refractivity contribution is 0.192. The van der Waals surface area contributed by atoms with Crippen molar-refractivity contribution in [2.45, 2.75) is 4.90 Å². The molecular weight excluding hydrogens is 364 g/mol. The predicted molar refractivity (Wildman–Crippen MR) is 70.1 cm³/mol. The zero-order valence-electron chi connectivity index (χ0n) is 11.4. The first kappa shape index (κ1) is 17.9. The van der Waals surface area contributed by atoms with Crippen LogP contribution in [-0.2, 0) is 10.0 Å². The third-order valence-corrected chi connectivity index (χ3v) is 4.15. The number of nitrogens with one attached hydrogen (secondary N) is 1. The zero-order valence-corrected chi connectivity index (χ0v) is 12.2. The lowest BCUT2D eigenvalue weighted by Crippen LogP contribution is -2.19. The van der Waals surface area contributed by atoms with Crippen LogP contribution in [0.5, 0.6) is 5.75 Å². The third kappa shape index (κ3) is 3.25. The number of benzene rings is 2. The van der Waals surface area contributed by atoms with E-state index in [2.05, 4.69) is 4.74 Å². The normalized spacial score (nSPS) is 11.4. The molecule has 0 atom stereocenters. The molecule has 0 bridgehead atoms. The van der Waals surface area contributed by atoms with Crippen LogP contribution in [0.3, 0.4) is 0 Å². The highest BCUT2D eigenvalue weighted by Gasteiger charge is 2.33. The van der Waals surface area contributed by atoms with Gasteiger partial charge in [-0.3, -0.25) is 4.72 Å². The van der Waals surface area contributed by atoms with E-state index in [1.165, 1.54) is 12.1 Å².